The van der Waals surface area contributed by atoms with Crippen molar-refractivity contribution in [1.29, 1.82) is 0 Å². The van der Waals surface area contributed by atoms with Gasteiger partial charge >= 0.3 is 0 Å². The van der Waals surface area contributed by atoms with Gasteiger partial charge in [0, 0.05) is 5.39 Å². The Kier molecular flexibility index (Phi) is 1.77. The fourth-order valence-corrected chi connectivity index (χ4v) is 1.89. The highest BCUT2D eigenvalue weighted by Crippen LogP contribution is 2.13. The van der Waals surface area contributed by atoms with E-state index in [4.69, 9.17) is 0 Å². The first-order chi connectivity index (χ1) is 7.77. The van der Waals surface area contributed by atoms with Crippen molar-refractivity contribution in [3.63, 3.8) is 0 Å². The fraction of sp³-hybridized carbons (Fsp3) is 0.0833. The number of aromatic nitrogens is 3. The maximum absolute atomic E-state index is 12.2. The van der Waals surface area contributed by atoms with Crippen LogP contribution in [0.25, 0.3) is 21.9 Å². The van der Waals surface area contributed by atoms with Crippen LogP contribution in [0, 0.1) is 6.92 Å². The molecule has 0 fully saturated rings. The zero-order valence-corrected chi connectivity index (χ0v) is 8.69. The summed E-state index contributed by atoms with van der Waals surface area (Å²) in [5.74, 6) is 0. The van der Waals surface area contributed by atoms with Crippen LogP contribution in [0.3, 0.4) is 0 Å². The molecule has 0 radical (unpaired) electrons. The molecule has 1 aromatic carbocycles. The molecule has 0 bridgehead atoms. The van der Waals surface area contributed by atoms with Crippen molar-refractivity contribution in [2.24, 2.45) is 0 Å². The number of nitrogens with zero attached hydrogens (tertiary/aromatic N) is 2. The third-order valence-corrected chi connectivity index (χ3v) is 2.69. The normalized spacial score (nSPS) is 11.1. The molecule has 0 saturated heterocycles. The van der Waals surface area contributed by atoms with Crippen molar-refractivity contribution in [2.75, 3.05) is 0 Å². The van der Waals surface area contributed by atoms with Crippen molar-refractivity contribution in [3.05, 3.63) is 46.5 Å². The van der Waals surface area contributed by atoms with Crippen LogP contribution in [0.5, 0.6) is 0 Å². The topological polar surface area (TPSA) is 58.6 Å². The molecule has 0 spiro atoms. The number of para-hydroxylation sites is 1. The summed E-state index contributed by atoms with van der Waals surface area (Å²) in [7, 11) is 0. The second kappa shape index (κ2) is 3.13. The molecule has 16 heavy (non-hydrogen) atoms. The van der Waals surface area contributed by atoms with Crippen molar-refractivity contribution in [3.8, 4) is 0 Å². The Balaban J connectivity index is 2.67. The number of aryl methyl sites for hydroxylation is 1. The smallest absolute Gasteiger partial charge is 0.200 e. The van der Waals surface area contributed by atoms with Gasteiger partial charge in [0.25, 0.3) is 0 Å². The molecule has 1 N–H and O–H groups in total. The van der Waals surface area contributed by atoms with Crippen LogP contribution in [0.1, 0.15) is 5.69 Å². The van der Waals surface area contributed by atoms with Gasteiger partial charge in [0.2, 0.25) is 5.43 Å². The third-order valence-electron chi connectivity index (χ3n) is 2.69. The first-order valence-electron chi connectivity index (χ1n) is 5.00. The van der Waals surface area contributed by atoms with E-state index in [1.54, 1.807) is 6.07 Å². The lowest BCUT2D eigenvalue weighted by atomic mass is 10.1. The van der Waals surface area contributed by atoms with Gasteiger partial charge in [0.1, 0.15) is 12.0 Å². The van der Waals surface area contributed by atoms with E-state index in [0.29, 0.717) is 22.1 Å². The Bertz CT molecular complexity index is 746. The van der Waals surface area contributed by atoms with Gasteiger partial charge < -0.3 is 4.98 Å². The van der Waals surface area contributed by atoms with E-state index in [1.165, 1.54) is 6.33 Å². The van der Waals surface area contributed by atoms with E-state index in [-0.39, 0.29) is 5.43 Å². The predicted octanol–water partition coefficient (Wildman–Crippen LogP) is 1.78. The van der Waals surface area contributed by atoms with E-state index < -0.39 is 0 Å². The Morgan fingerprint density at radius 2 is 2.00 bits per heavy atom. The summed E-state index contributed by atoms with van der Waals surface area (Å²) < 4.78 is 0. The number of H-pyrrole nitrogens is 1. The second-order valence-corrected chi connectivity index (χ2v) is 3.68. The van der Waals surface area contributed by atoms with E-state index in [2.05, 4.69) is 15.0 Å². The summed E-state index contributed by atoms with van der Waals surface area (Å²) in [5, 5.41) is 1.24. The van der Waals surface area contributed by atoms with Gasteiger partial charge in [0.15, 0.2) is 0 Å². The average Bonchev–Trinajstić information content (AvgIpc) is 2.29. The van der Waals surface area contributed by atoms with E-state index in [0.717, 1.165) is 5.52 Å². The lowest BCUT2D eigenvalue weighted by Crippen LogP contribution is -2.07. The minimum Gasteiger partial charge on any atom is -0.339 e. The lowest BCUT2D eigenvalue weighted by Gasteiger charge is -2.02. The first kappa shape index (κ1) is 9.03. The van der Waals surface area contributed by atoms with Crippen LogP contribution in [0.15, 0.2) is 35.4 Å². The summed E-state index contributed by atoms with van der Waals surface area (Å²) in [6.45, 7) is 1.81. The van der Waals surface area contributed by atoms with Gasteiger partial charge in [-0.2, -0.15) is 0 Å². The van der Waals surface area contributed by atoms with Crippen LogP contribution >= 0.6 is 0 Å². The minimum absolute atomic E-state index is 0.0116. The van der Waals surface area contributed by atoms with Gasteiger partial charge in [-0.05, 0) is 19.1 Å². The molecule has 0 aliphatic heterocycles. The zero-order valence-electron chi connectivity index (χ0n) is 8.69. The number of hydrogen-bond donors (Lipinski definition) is 1. The number of benzene rings is 1. The third kappa shape index (κ3) is 1.13. The van der Waals surface area contributed by atoms with Crippen molar-refractivity contribution < 1.29 is 0 Å². The summed E-state index contributed by atoms with van der Waals surface area (Å²) in [5.41, 5.74) is 2.09. The van der Waals surface area contributed by atoms with Crippen molar-refractivity contribution in [2.45, 2.75) is 6.92 Å². The average molecular weight is 211 g/mol. The maximum atomic E-state index is 12.2. The standard InChI is InChI=1S/C12H9N3O/c1-7-10-11(16)8-4-2-3-5-9(8)15-12(10)14-6-13-7/h2-6H,1H3,(H,13,14,15,16). The van der Waals surface area contributed by atoms with Gasteiger partial charge in [-0.3, -0.25) is 4.79 Å². The van der Waals surface area contributed by atoms with Crippen molar-refractivity contribution in [1.82, 2.24) is 15.0 Å². The Morgan fingerprint density at radius 3 is 2.88 bits per heavy atom. The summed E-state index contributed by atoms with van der Waals surface area (Å²) >= 11 is 0. The van der Waals surface area contributed by atoms with Crippen LogP contribution in [0.2, 0.25) is 0 Å². The molecule has 2 heterocycles. The molecule has 0 atom stereocenters. The molecule has 3 aromatic rings. The Labute approximate surface area is 91.0 Å². The predicted molar refractivity (Wildman–Crippen MR) is 62.4 cm³/mol. The second-order valence-electron chi connectivity index (χ2n) is 3.68. The molecule has 0 amide bonds. The molecule has 78 valence electrons. The zero-order chi connectivity index (χ0) is 11.1. The first-order valence-corrected chi connectivity index (χ1v) is 5.00. The number of fused-ring (bicyclic) bond motifs is 2. The van der Waals surface area contributed by atoms with Gasteiger partial charge in [-0.1, -0.05) is 12.1 Å². The molecule has 4 heteroatoms. The Morgan fingerprint density at radius 1 is 1.19 bits per heavy atom. The summed E-state index contributed by atoms with van der Waals surface area (Å²) in [6, 6.07) is 7.41. The monoisotopic (exact) mass is 211 g/mol. The molecular weight excluding hydrogens is 202 g/mol. The fourth-order valence-electron chi connectivity index (χ4n) is 1.89. The molecule has 0 saturated carbocycles. The number of nitrogens with one attached hydrogen (secondary N) is 1. The molecule has 0 aliphatic carbocycles. The molecule has 0 aliphatic rings. The number of pyridine rings is 1. The van der Waals surface area contributed by atoms with E-state index in [9.17, 15) is 4.79 Å². The van der Waals surface area contributed by atoms with Gasteiger partial charge in [-0.15, -0.1) is 0 Å². The number of aromatic amines is 1. The highest BCUT2D eigenvalue weighted by molar-refractivity contribution is 5.91. The largest absolute Gasteiger partial charge is 0.339 e. The molecule has 3 rings (SSSR count). The van der Waals surface area contributed by atoms with Gasteiger partial charge in [-0.25, -0.2) is 9.97 Å². The van der Waals surface area contributed by atoms with E-state index in [1.807, 2.05) is 25.1 Å². The van der Waals surface area contributed by atoms with Crippen LogP contribution in [-0.4, -0.2) is 15.0 Å². The summed E-state index contributed by atoms with van der Waals surface area (Å²) in [4.78, 5) is 23.5. The molecular formula is C12H9N3O. The van der Waals surface area contributed by atoms with Crippen LogP contribution < -0.4 is 5.43 Å². The van der Waals surface area contributed by atoms with Crippen LogP contribution in [0.4, 0.5) is 0 Å². The Hall–Kier alpha value is -2.23. The maximum Gasteiger partial charge on any atom is 0.200 e. The minimum atomic E-state index is -0.0116. The molecule has 4 nitrogen and oxygen atoms in total. The SMILES string of the molecule is Cc1ncnc2[nH]c3ccccc3c(=O)c12. The van der Waals surface area contributed by atoms with Crippen molar-refractivity contribution >= 4 is 21.9 Å². The highest BCUT2D eigenvalue weighted by Gasteiger charge is 2.07. The van der Waals surface area contributed by atoms with E-state index >= 15 is 0 Å². The highest BCUT2D eigenvalue weighted by atomic mass is 16.1. The number of hydrogen-bond acceptors (Lipinski definition) is 3. The molecule has 2 aromatic heterocycles. The van der Waals surface area contributed by atoms with Gasteiger partial charge in [0.05, 0.1) is 16.6 Å². The summed E-state index contributed by atoms with van der Waals surface area (Å²) in [6.07, 6.45) is 1.46. The number of rotatable bonds is 0. The lowest BCUT2D eigenvalue weighted by molar-refractivity contribution is 1.13. The molecule has 0 unspecified atom stereocenters. The quantitative estimate of drug-likeness (QED) is 0.576. The van der Waals surface area contributed by atoms with Crippen LogP contribution in [-0.2, 0) is 0 Å².